The molecule has 0 aliphatic carbocycles. The number of carbonyl (C=O) groups excluding carboxylic acids is 1. The van der Waals surface area contributed by atoms with Crippen LogP contribution < -0.4 is 5.32 Å². The van der Waals surface area contributed by atoms with Gasteiger partial charge in [-0.25, -0.2) is 0 Å². The number of amides is 1. The average Bonchev–Trinajstić information content (AvgIpc) is 2.83. The molecule has 0 saturated carbocycles. The van der Waals surface area contributed by atoms with Gasteiger partial charge in [-0.3, -0.25) is 9.48 Å². The molecule has 1 N–H and O–H groups in total. The number of benzene rings is 1. The van der Waals surface area contributed by atoms with Crippen LogP contribution in [0, 0.1) is 0 Å². The normalized spacial score (nSPS) is 10.1. The molecule has 0 fully saturated rings. The van der Waals surface area contributed by atoms with Crippen molar-refractivity contribution in [1.29, 1.82) is 0 Å². The summed E-state index contributed by atoms with van der Waals surface area (Å²) in [5, 5.41) is 6.87. The second-order valence-corrected chi connectivity index (χ2v) is 3.98. The van der Waals surface area contributed by atoms with E-state index in [9.17, 15) is 4.79 Å². The summed E-state index contributed by atoms with van der Waals surface area (Å²) in [5.41, 5.74) is 2.61. The third kappa shape index (κ3) is 2.66. The Labute approximate surface area is 106 Å². The molecule has 1 aromatic heterocycles. The number of rotatable bonds is 4. The van der Waals surface area contributed by atoms with Gasteiger partial charge in [0.2, 0.25) is 0 Å². The fraction of sp³-hybridized carbons (Fsp3) is 0.143. The zero-order chi connectivity index (χ0) is 13.0. The van der Waals surface area contributed by atoms with Crippen molar-refractivity contribution >= 4 is 5.91 Å². The lowest BCUT2D eigenvalue weighted by Gasteiger charge is -2.04. The summed E-state index contributed by atoms with van der Waals surface area (Å²) >= 11 is 0. The van der Waals surface area contributed by atoms with Gasteiger partial charge in [0.25, 0.3) is 5.91 Å². The maximum atomic E-state index is 11.8. The van der Waals surface area contributed by atoms with Gasteiger partial charge >= 0.3 is 0 Å². The number of aryl methyl sites for hydroxylation is 1. The van der Waals surface area contributed by atoms with Crippen molar-refractivity contribution in [1.82, 2.24) is 15.1 Å². The number of hydrogen-bond donors (Lipinski definition) is 1. The van der Waals surface area contributed by atoms with E-state index in [1.165, 1.54) is 0 Å². The standard InChI is InChI=1S/C14H15N3O/c1-3-7-15-14(18)12-6-4-5-11(8-12)13-9-16-17(2)10-13/h3-6,8-10H,1,7H2,2H3,(H,15,18). The second kappa shape index (κ2) is 5.31. The molecule has 0 unspecified atom stereocenters. The van der Waals surface area contributed by atoms with Crippen LogP contribution in [0.15, 0.2) is 49.3 Å². The van der Waals surface area contributed by atoms with Gasteiger partial charge in [-0.1, -0.05) is 18.2 Å². The molecular formula is C14H15N3O. The minimum absolute atomic E-state index is 0.0966. The minimum Gasteiger partial charge on any atom is -0.349 e. The van der Waals surface area contributed by atoms with Crippen molar-refractivity contribution in [3.8, 4) is 11.1 Å². The Bertz CT molecular complexity index is 572. The molecule has 1 aromatic carbocycles. The molecular weight excluding hydrogens is 226 g/mol. The van der Waals surface area contributed by atoms with E-state index in [-0.39, 0.29) is 5.91 Å². The van der Waals surface area contributed by atoms with Crippen LogP contribution in [-0.4, -0.2) is 22.2 Å². The highest BCUT2D eigenvalue weighted by molar-refractivity contribution is 5.95. The number of hydrogen-bond acceptors (Lipinski definition) is 2. The third-order valence-corrected chi connectivity index (χ3v) is 2.57. The topological polar surface area (TPSA) is 46.9 Å². The molecule has 0 aliphatic heterocycles. The third-order valence-electron chi connectivity index (χ3n) is 2.57. The lowest BCUT2D eigenvalue weighted by atomic mass is 10.1. The van der Waals surface area contributed by atoms with Crippen molar-refractivity contribution in [2.75, 3.05) is 6.54 Å². The Kier molecular flexibility index (Phi) is 3.57. The molecule has 4 heteroatoms. The van der Waals surface area contributed by atoms with Gasteiger partial charge in [-0.2, -0.15) is 5.10 Å². The number of aromatic nitrogens is 2. The molecule has 2 rings (SSSR count). The fourth-order valence-electron chi connectivity index (χ4n) is 1.68. The van der Waals surface area contributed by atoms with Crippen LogP contribution in [-0.2, 0) is 7.05 Å². The average molecular weight is 241 g/mol. The lowest BCUT2D eigenvalue weighted by Crippen LogP contribution is -2.23. The summed E-state index contributed by atoms with van der Waals surface area (Å²) in [6.07, 6.45) is 5.35. The molecule has 0 bridgehead atoms. The molecule has 0 radical (unpaired) electrons. The predicted octanol–water partition coefficient (Wildman–Crippen LogP) is 2.00. The van der Waals surface area contributed by atoms with Crippen LogP contribution in [0.3, 0.4) is 0 Å². The van der Waals surface area contributed by atoms with E-state index in [1.807, 2.05) is 31.4 Å². The van der Waals surface area contributed by atoms with Crippen molar-refractivity contribution in [2.24, 2.45) is 7.05 Å². The maximum absolute atomic E-state index is 11.8. The Morgan fingerprint density at radius 3 is 3.00 bits per heavy atom. The maximum Gasteiger partial charge on any atom is 0.251 e. The molecule has 0 spiro atoms. The largest absolute Gasteiger partial charge is 0.349 e. The van der Waals surface area contributed by atoms with Crippen molar-refractivity contribution in [2.45, 2.75) is 0 Å². The van der Waals surface area contributed by atoms with Gasteiger partial charge in [0.15, 0.2) is 0 Å². The molecule has 4 nitrogen and oxygen atoms in total. The van der Waals surface area contributed by atoms with Gasteiger partial charge in [0.05, 0.1) is 6.20 Å². The molecule has 0 saturated heterocycles. The highest BCUT2D eigenvalue weighted by Gasteiger charge is 2.06. The summed E-state index contributed by atoms with van der Waals surface area (Å²) in [4.78, 5) is 11.8. The first-order chi connectivity index (χ1) is 8.70. The van der Waals surface area contributed by atoms with Crippen LogP contribution in [0.4, 0.5) is 0 Å². The van der Waals surface area contributed by atoms with Crippen LogP contribution in [0.1, 0.15) is 10.4 Å². The predicted molar refractivity (Wildman–Crippen MR) is 71.2 cm³/mol. The van der Waals surface area contributed by atoms with Crippen LogP contribution in [0.5, 0.6) is 0 Å². The van der Waals surface area contributed by atoms with Crippen LogP contribution in [0.2, 0.25) is 0 Å². The quantitative estimate of drug-likeness (QED) is 0.832. The minimum atomic E-state index is -0.0966. The molecule has 1 heterocycles. The summed E-state index contributed by atoms with van der Waals surface area (Å²) < 4.78 is 1.74. The van der Waals surface area contributed by atoms with Gasteiger partial charge in [-0.05, 0) is 17.7 Å². The van der Waals surface area contributed by atoms with E-state index in [4.69, 9.17) is 0 Å². The Hall–Kier alpha value is -2.36. The highest BCUT2D eigenvalue weighted by Crippen LogP contribution is 2.19. The first-order valence-corrected chi connectivity index (χ1v) is 5.69. The summed E-state index contributed by atoms with van der Waals surface area (Å²) in [6.45, 7) is 4.04. The highest BCUT2D eigenvalue weighted by atomic mass is 16.1. The lowest BCUT2D eigenvalue weighted by molar-refractivity contribution is 0.0958. The Morgan fingerprint density at radius 1 is 1.50 bits per heavy atom. The molecule has 92 valence electrons. The van der Waals surface area contributed by atoms with E-state index < -0.39 is 0 Å². The van der Waals surface area contributed by atoms with E-state index in [0.29, 0.717) is 12.1 Å². The van der Waals surface area contributed by atoms with Crippen molar-refractivity contribution < 1.29 is 4.79 Å². The van der Waals surface area contributed by atoms with E-state index in [2.05, 4.69) is 17.0 Å². The molecule has 0 aliphatic rings. The zero-order valence-electron chi connectivity index (χ0n) is 10.3. The Morgan fingerprint density at radius 2 is 2.33 bits per heavy atom. The smallest absolute Gasteiger partial charge is 0.251 e. The van der Waals surface area contributed by atoms with Crippen molar-refractivity contribution in [3.05, 3.63) is 54.9 Å². The monoisotopic (exact) mass is 241 g/mol. The van der Waals surface area contributed by atoms with E-state index in [1.54, 1.807) is 23.0 Å². The first kappa shape index (κ1) is 12.1. The number of nitrogens with one attached hydrogen (secondary N) is 1. The summed E-state index contributed by atoms with van der Waals surface area (Å²) in [6, 6.07) is 7.47. The van der Waals surface area contributed by atoms with Gasteiger partial charge in [0.1, 0.15) is 0 Å². The Balaban J connectivity index is 2.24. The van der Waals surface area contributed by atoms with Gasteiger partial charge < -0.3 is 5.32 Å². The molecule has 1 amide bonds. The van der Waals surface area contributed by atoms with E-state index in [0.717, 1.165) is 11.1 Å². The van der Waals surface area contributed by atoms with Crippen LogP contribution in [0.25, 0.3) is 11.1 Å². The van der Waals surface area contributed by atoms with Crippen LogP contribution >= 0.6 is 0 Å². The summed E-state index contributed by atoms with van der Waals surface area (Å²) in [5.74, 6) is -0.0966. The zero-order valence-corrected chi connectivity index (χ0v) is 10.3. The molecule has 0 atom stereocenters. The summed E-state index contributed by atoms with van der Waals surface area (Å²) in [7, 11) is 1.87. The van der Waals surface area contributed by atoms with Gasteiger partial charge in [0, 0.05) is 30.9 Å². The number of carbonyl (C=O) groups is 1. The number of nitrogens with zero attached hydrogens (tertiary/aromatic N) is 2. The molecule has 2 aromatic rings. The van der Waals surface area contributed by atoms with E-state index >= 15 is 0 Å². The fourth-order valence-corrected chi connectivity index (χ4v) is 1.68. The SMILES string of the molecule is C=CCNC(=O)c1cccc(-c2cnn(C)c2)c1. The second-order valence-electron chi connectivity index (χ2n) is 3.98. The van der Waals surface area contributed by atoms with Crippen molar-refractivity contribution in [3.63, 3.8) is 0 Å². The van der Waals surface area contributed by atoms with Gasteiger partial charge in [-0.15, -0.1) is 6.58 Å². The first-order valence-electron chi connectivity index (χ1n) is 5.69. The molecule has 18 heavy (non-hydrogen) atoms.